The molecule has 0 spiro atoms. The van der Waals surface area contributed by atoms with Gasteiger partial charge in [0, 0.05) is 51.0 Å². The molecule has 13 rings (SSSR count). The third kappa shape index (κ3) is 4.53. The molecule has 1 aliphatic carbocycles. The molecule has 0 saturated heterocycles. The van der Waals surface area contributed by atoms with Crippen molar-refractivity contribution in [3.8, 4) is 0 Å². The van der Waals surface area contributed by atoms with Crippen molar-refractivity contribution in [2.75, 3.05) is 0 Å². The quantitative estimate of drug-likeness (QED) is 0.143. The first-order valence-electron chi connectivity index (χ1n) is 18.0. The number of hydrogen-bond donors (Lipinski definition) is 0. The molecule has 4 aliphatic rings. The van der Waals surface area contributed by atoms with E-state index in [-0.39, 0.29) is 43.8 Å². The number of rotatable bonds is 0. The smallest absolute Gasteiger partial charge is 0.255 e. The van der Waals surface area contributed by atoms with Gasteiger partial charge in [-0.1, -0.05) is 72.8 Å². The monoisotopic (exact) mass is 851 g/mol. The minimum absolute atomic E-state index is 0. The third-order valence-corrected chi connectivity index (χ3v) is 11.5. The number of hydrogen-bond acceptors (Lipinski definition) is 3. The summed E-state index contributed by atoms with van der Waals surface area (Å²) in [7, 11) is 0. The normalized spacial score (nSPS) is 18.8. The van der Waals surface area contributed by atoms with Crippen LogP contribution in [0.15, 0.2) is 146 Å². The standard InChI is InChI=1S/C49H28N3.Ir/c1-4-19-37-28(10-1)25-40-43-31-13-7-15-33(22-31)44-35-17-9-18-36(24-35)45(34-16-8-14-32(43)23-34)42-27-30-12-3-6-21-39(30)49(52-42)46(47(37)50-40)48-38-20-5-2-11-29(38)26-41(44)51-48;/h1-21,25-27,43-46H;/q-3;+3. The SMILES string of the molecule is [Ir+3].[c-]1c2cccc1C1c3[c-]c(ccc3)C3c4[c-]c(ccc4)C2c2cc4ccccc4c(n2)C(c2nc1cc1ccccc21)c1nc3cc2ccccc12. The average Bonchev–Trinajstić information content (AvgIpc) is 3.18. The van der Waals surface area contributed by atoms with Crippen LogP contribution in [0.1, 0.15) is 91.2 Å². The first-order valence-corrected chi connectivity index (χ1v) is 18.0. The van der Waals surface area contributed by atoms with E-state index in [0.717, 1.165) is 99.9 Å². The summed E-state index contributed by atoms with van der Waals surface area (Å²) in [5.74, 6) is -0.961. The summed E-state index contributed by atoms with van der Waals surface area (Å²) < 4.78 is 0. The molecule has 0 radical (unpaired) electrons. The van der Waals surface area contributed by atoms with Gasteiger partial charge >= 0.3 is 20.1 Å². The average molecular weight is 851 g/mol. The fourth-order valence-electron chi connectivity index (χ4n) is 9.22. The van der Waals surface area contributed by atoms with Crippen LogP contribution in [0.25, 0.3) is 32.3 Å². The molecule has 16 bridgehead atoms. The zero-order valence-corrected chi connectivity index (χ0v) is 30.7. The first-order chi connectivity index (χ1) is 25.7. The Labute approximate surface area is 320 Å². The van der Waals surface area contributed by atoms with E-state index in [1.807, 2.05) is 0 Å². The van der Waals surface area contributed by atoms with E-state index >= 15 is 0 Å². The van der Waals surface area contributed by atoms with Crippen LogP contribution >= 0.6 is 0 Å². The van der Waals surface area contributed by atoms with Gasteiger partial charge in [-0.2, -0.15) is 106 Å². The van der Waals surface area contributed by atoms with Gasteiger partial charge in [-0.15, -0.1) is 0 Å². The molecule has 0 fully saturated rings. The van der Waals surface area contributed by atoms with Gasteiger partial charge < -0.3 is 0 Å². The molecule has 3 aromatic heterocycles. The van der Waals surface area contributed by atoms with Gasteiger partial charge in [0.2, 0.25) is 0 Å². The maximum Gasteiger partial charge on any atom is 3.00 e. The van der Waals surface area contributed by atoms with Gasteiger partial charge in [0.25, 0.3) is 0 Å². The maximum atomic E-state index is 5.79. The second-order valence-corrected chi connectivity index (χ2v) is 14.4. The number of pyridine rings is 3. The Kier molecular flexibility index (Phi) is 6.74. The maximum absolute atomic E-state index is 5.79. The van der Waals surface area contributed by atoms with Gasteiger partial charge in [0.1, 0.15) is 0 Å². The molecule has 9 aromatic rings. The molecular weight excluding hydrogens is 823 g/mol. The number of fused-ring (bicyclic) bond motifs is 3. The predicted octanol–water partition coefficient (Wildman–Crippen LogP) is 10.4. The molecule has 0 atom stereocenters. The Hall–Kier alpha value is -5.80. The van der Waals surface area contributed by atoms with Crippen molar-refractivity contribution in [1.82, 2.24) is 15.0 Å². The summed E-state index contributed by atoms with van der Waals surface area (Å²) in [5, 5.41) is 6.73. The van der Waals surface area contributed by atoms with Gasteiger partial charge in [0.05, 0.1) is 23.0 Å². The fraction of sp³-hybridized carbons (Fsp3) is 0.0816. The molecule has 3 aliphatic heterocycles. The summed E-state index contributed by atoms with van der Waals surface area (Å²) >= 11 is 0. The Balaban J connectivity index is 0.00000331. The summed E-state index contributed by atoms with van der Waals surface area (Å²) in [6.45, 7) is 0. The van der Waals surface area contributed by atoms with Crippen molar-refractivity contribution in [3.05, 3.63) is 231 Å². The van der Waals surface area contributed by atoms with Gasteiger partial charge in [0.15, 0.2) is 0 Å². The Morgan fingerprint density at radius 2 is 0.604 bits per heavy atom. The van der Waals surface area contributed by atoms with Crippen molar-refractivity contribution in [2.24, 2.45) is 0 Å². The predicted molar refractivity (Wildman–Crippen MR) is 205 cm³/mol. The first kappa shape index (κ1) is 30.8. The van der Waals surface area contributed by atoms with Crippen molar-refractivity contribution >= 4 is 32.3 Å². The van der Waals surface area contributed by atoms with E-state index in [0.29, 0.717) is 0 Å². The largest absolute Gasteiger partial charge is 3.00 e. The zero-order valence-electron chi connectivity index (χ0n) is 28.3. The van der Waals surface area contributed by atoms with Crippen molar-refractivity contribution in [1.29, 1.82) is 0 Å². The van der Waals surface area contributed by atoms with Crippen LogP contribution in [0.5, 0.6) is 0 Å². The van der Waals surface area contributed by atoms with E-state index in [1.165, 1.54) is 0 Å². The molecule has 0 amide bonds. The number of benzene rings is 6. The van der Waals surface area contributed by atoms with Crippen molar-refractivity contribution < 1.29 is 20.1 Å². The molecule has 3 nitrogen and oxygen atoms in total. The van der Waals surface area contributed by atoms with Crippen LogP contribution in [0.3, 0.4) is 0 Å². The van der Waals surface area contributed by atoms with Gasteiger partial charge in [-0.25, -0.2) is 0 Å². The molecule has 0 unspecified atom stereocenters. The second kappa shape index (κ2) is 11.6. The molecule has 0 N–H and O–H groups in total. The van der Waals surface area contributed by atoms with Crippen LogP contribution < -0.4 is 0 Å². The van der Waals surface area contributed by atoms with Crippen molar-refractivity contribution in [3.63, 3.8) is 0 Å². The number of aromatic nitrogens is 3. The van der Waals surface area contributed by atoms with Gasteiger partial charge in [-0.05, 0) is 34.4 Å². The zero-order chi connectivity index (χ0) is 33.9. The minimum Gasteiger partial charge on any atom is -0.255 e. The topological polar surface area (TPSA) is 38.7 Å². The third-order valence-electron chi connectivity index (χ3n) is 11.5. The molecule has 4 heteroatoms. The Morgan fingerprint density at radius 3 is 0.906 bits per heavy atom. The molecule has 0 saturated carbocycles. The second-order valence-electron chi connectivity index (χ2n) is 14.4. The van der Waals surface area contributed by atoms with Gasteiger partial charge in [-0.3, -0.25) is 15.0 Å². The summed E-state index contributed by atoms with van der Waals surface area (Å²) in [4.78, 5) is 17.4. The molecule has 248 valence electrons. The van der Waals surface area contributed by atoms with Crippen LogP contribution in [0, 0.1) is 18.2 Å². The van der Waals surface area contributed by atoms with Crippen LogP contribution in [0.2, 0.25) is 0 Å². The van der Waals surface area contributed by atoms with Crippen LogP contribution in [-0.4, -0.2) is 15.0 Å². The van der Waals surface area contributed by atoms with Crippen LogP contribution in [-0.2, 0) is 20.1 Å². The van der Waals surface area contributed by atoms with E-state index < -0.39 is 0 Å². The molecule has 6 heterocycles. The Morgan fingerprint density at radius 1 is 0.321 bits per heavy atom. The molecule has 6 aromatic carbocycles. The summed E-state index contributed by atoms with van der Waals surface area (Å²) in [5.41, 5.74) is 12.2. The summed E-state index contributed by atoms with van der Waals surface area (Å²) in [6, 6.07) is 64.5. The van der Waals surface area contributed by atoms with Crippen LogP contribution in [0.4, 0.5) is 0 Å². The number of nitrogens with zero attached hydrogens (tertiary/aromatic N) is 3. The molecular formula is C49H28IrN3. The van der Waals surface area contributed by atoms with E-state index in [2.05, 4.69) is 164 Å². The van der Waals surface area contributed by atoms with E-state index in [9.17, 15) is 0 Å². The minimum atomic E-state index is -0.369. The van der Waals surface area contributed by atoms with Crippen molar-refractivity contribution in [2.45, 2.75) is 23.7 Å². The van der Waals surface area contributed by atoms with E-state index in [4.69, 9.17) is 15.0 Å². The Bertz CT molecular complexity index is 2590. The fourth-order valence-corrected chi connectivity index (χ4v) is 9.22. The summed E-state index contributed by atoms with van der Waals surface area (Å²) in [6.07, 6.45) is 0. The molecule has 53 heavy (non-hydrogen) atoms. The van der Waals surface area contributed by atoms with E-state index in [1.54, 1.807) is 0 Å².